The first-order valence-corrected chi connectivity index (χ1v) is 10.1. The number of rotatable bonds is 6. The maximum atomic E-state index is 12.5. The number of nitrogens with zero attached hydrogens (tertiary/aromatic N) is 3. The summed E-state index contributed by atoms with van der Waals surface area (Å²) in [4.78, 5) is 26.6. The summed E-state index contributed by atoms with van der Waals surface area (Å²) in [5.41, 5.74) is 1.83. The number of piperidine rings is 1. The first-order valence-electron chi connectivity index (χ1n) is 10.1. The van der Waals surface area contributed by atoms with E-state index in [2.05, 4.69) is 10.4 Å². The smallest absolute Gasteiger partial charge is 0.246 e. The molecule has 1 saturated heterocycles. The molecule has 2 amide bonds. The highest BCUT2D eigenvalue weighted by molar-refractivity contribution is 5.92. The van der Waals surface area contributed by atoms with Crippen molar-refractivity contribution in [1.29, 1.82) is 0 Å². The van der Waals surface area contributed by atoms with Crippen molar-refractivity contribution in [2.45, 2.75) is 19.4 Å². The zero-order chi connectivity index (χ0) is 20.8. The first kappa shape index (κ1) is 19.7. The summed E-state index contributed by atoms with van der Waals surface area (Å²) in [5.74, 6) is 0.632. The van der Waals surface area contributed by atoms with Crippen LogP contribution in [0.15, 0.2) is 71.6 Å². The van der Waals surface area contributed by atoms with E-state index >= 15 is 0 Å². The fraction of sp³-hybridized carbons (Fsp3) is 0.261. The van der Waals surface area contributed by atoms with Gasteiger partial charge in [-0.1, -0.05) is 18.2 Å². The van der Waals surface area contributed by atoms with E-state index in [1.54, 1.807) is 40.3 Å². The predicted molar refractivity (Wildman–Crippen MR) is 112 cm³/mol. The number of aromatic nitrogens is 2. The lowest BCUT2D eigenvalue weighted by molar-refractivity contribution is -0.132. The molecule has 0 aliphatic carbocycles. The standard InChI is InChI=1S/C23H24N4O3/c28-22(9-8-18-15-25-27(17-18)20-5-2-1-3-6-20)26-12-10-19(11-13-26)23(29)24-16-21-7-4-14-30-21/h1-9,14-15,17,19H,10-13,16H2,(H,24,29)/b9-8+. The van der Waals surface area contributed by atoms with Crippen molar-refractivity contribution < 1.29 is 14.0 Å². The van der Waals surface area contributed by atoms with Gasteiger partial charge in [-0.25, -0.2) is 4.68 Å². The van der Waals surface area contributed by atoms with E-state index in [0.717, 1.165) is 17.0 Å². The molecule has 0 unspecified atom stereocenters. The SMILES string of the molecule is O=C(NCc1ccco1)C1CCN(C(=O)/C=C/c2cnn(-c3ccccc3)c2)CC1. The average molecular weight is 404 g/mol. The molecule has 3 heterocycles. The minimum absolute atomic E-state index is 0.0161. The monoisotopic (exact) mass is 404 g/mol. The molecule has 0 atom stereocenters. The summed E-state index contributed by atoms with van der Waals surface area (Å²) >= 11 is 0. The fourth-order valence-corrected chi connectivity index (χ4v) is 3.51. The zero-order valence-corrected chi connectivity index (χ0v) is 16.6. The molecule has 154 valence electrons. The van der Waals surface area contributed by atoms with Gasteiger partial charge in [0.25, 0.3) is 0 Å². The molecule has 4 rings (SSSR count). The van der Waals surface area contributed by atoms with Crippen molar-refractivity contribution >= 4 is 17.9 Å². The number of hydrogen-bond acceptors (Lipinski definition) is 4. The van der Waals surface area contributed by atoms with Crippen LogP contribution in [0.5, 0.6) is 0 Å². The van der Waals surface area contributed by atoms with Crippen LogP contribution >= 0.6 is 0 Å². The summed E-state index contributed by atoms with van der Waals surface area (Å²) in [6, 6.07) is 13.4. The lowest BCUT2D eigenvalue weighted by atomic mass is 9.96. The van der Waals surface area contributed by atoms with E-state index in [1.165, 1.54) is 0 Å². The minimum atomic E-state index is -0.0721. The Morgan fingerprint density at radius 2 is 1.93 bits per heavy atom. The van der Waals surface area contributed by atoms with Gasteiger partial charge in [0.1, 0.15) is 5.76 Å². The Hall–Kier alpha value is -3.61. The largest absolute Gasteiger partial charge is 0.467 e. The summed E-state index contributed by atoms with van der Waals surface area (Å²) < 4.78 is 7.00. The topological polar surface area (TPSA) is 80.4 Å². The molecule has 2 aromatic heterocycles. The molecule has 1 fully saturated rings. The highest BCUT2D eigenvalue weighted by Gasteiger charge is 2.26. The highest BCUT2D eigenvalue weighted by atomic mass is 16.3. The molecule has 1 aliphatic heterocycles. The van der Waals surface area contributed by atoms with Crippen molar-refractivity contribution in [3.63, 3.8) is 0 Å². The minimum Gasteiger partial charge on any atom is -0.467 e. The van der Waals surface area contributed by atoms with Crippen molar-refractivity contribution in [2.75, 3.05) is 13.1 Å². The number of nitrogens with one attached hydrogen (secondary N) is 1. The van der Waals surface area contributed by atoms with Gasteiger partial charge in [0.05, 0.1) is 24.7 Å². The molecule has 0 radical (unpaired) electrons. The van der Waals surface area contributed by atoms with Crippen molar-refractivity contribution in [2.24, 2.45) is 5.92 Å². The zero-order valence-electron chi connectivity index (χ0n) is 16.6. The van der Waals surface area contributed by atoms with Crippen LogP contribution in [-0.2, 0) is 16.1 Å². The van der Waals surface area contributed by atoms with Gasteiger partial charge in [0.2, 0.25) is 11.8 Å². The van der Waals surface area contributed by atoms with Crippen molar-refractivity contribution in [3.05, 3.63) is 78.5 Å². The van der Waals surface area contributed by atoms with E-state index in [0.29, 0.717) is 32.5 Å². The Morgan fingerprint density at radius 1 is 1.13 bits per heavy atom. The third kappa shape index (κ3) is 4.86. The highest BCUT2D eigenvalue weighted by Crippen LogP contribution is 2.18. The van der Waals surface area contributed by atoms with Crippen molar-refractivity contribution in [1.82, 2.24) is 20.0 Å². The Kier molecular flexibility index (Phi) is 6.08. The van der Waals surface area contributed by atoms with Crippen LogP contribution < -0.4 is 5.32 Å². The second-order valence-corrected chi connectivity index (χ2v) is 7.28. The summed E-state index contributed by atoms with van der Waals surface area (Å²) in [6.07, 6.45) is 9.87. The number of furan rings is 1. The number of hydrogen-bond donors (Lipinski definition) is 1. The Morgan fingerprint density at radius 3 is 2.67 bits per heavy atom. The molecule has 30 heavy (non-hydrogen) atoms. The molecule has 0 bridgehead atoms. The predicted octanol–water partition coefficient (Wildman–Crippen LogP) is 3.03. The summed E-state index contributed by atoms with van der Waals surface area (Å²) in [5, 5.41) is 7.23. The van der Waals surface area contributed by atoms with Gasteiger partial charge < -0.3 is 14.6 Å². The summed E-state index contributed by atoms with van der Waals surface area (Å²) in [6.45, 7) is 1.54. The van der Waals surface area contributed by atoms with Gasteiger partial charge in [-0.15, -0.1) is 0 Å². The van der Waals surface area contributed by atoms with Crippen molar-refractivity contribution in [3.8, 4) is 5.69 Å². The number of carbonyl (C=O) groups is 2. The maximum Gasteiger partial charge on any atom is 0.246 e. The molecule has 0 saturated carbocycles. The van der Waals surface area contributed by atoms with Crippen LogP contribution in [0, 0.1) is 5.92 Å². The van der Waals surface area contributed by atoms with E-state index in [1.807, 2.05) is 42.6 Å². The molecule has 1 aliphatic rings. The quantitative estimate of drug-likeness (QED) is 0.641. The second kappa shape index (κ2) is 9.26. The Bertz CT molecular complexity index is 1000. The average Bonchev–Trinajstić information content (AvgIpc) is 3.49. The number of amides is 2. The van der Waals surface area contributed by atoms with Gasteiger partial charge in [-0.05, 0) is 43.2 Å². The molecule has 1 aromatic carbocycles. The van der Waals surface area contributed by atoms with E-state index in [9.17, 15) is 9.59 Å². The van der Waals surface area contributed by atoms with Crippen LogP contribution in [0.1, 0.15) is 24.2 Å². The van der Waals surface area contributed by atoms with E-state index < -0.39 is 0 Å². The second-order valence-electron chi connectivity index (χ2n) is 7.28. The van der Waals surface area contributed by atoms with Crippen LogP contribution in [0.25, 0.3) is 11.8 Å². The third-order valence-corrected chi connectivity index (χ3v) is 5.24. The van der Waals surface area contributed by atoms with Gasteiger partial charge in [0, 0.05) is 36.8 Å². The third-order valence-electron chi connectivity index (χ3n) is 5.24. The molecule has 0 spiro atoms. The molecule has 3 aromatic rings. The lowest BCUT2D eigenvalue weighted by Crippen LogP contribution is -2.42. The Labute approximate surface area is 175 Å². The van der Waals surface area contributed by atoms with E-state index in [4.69, 9.17) is 4.42 Å². The summed E-state index contributed by atoms with van der Waals surface area (Å²) in [7, 11) is 0. The van der Waals surface area contributed by atoms with Crippen LogP contribution in [-0.4, -0.2) is 39.6 Å². The van der Waals surface area contributed by atoms with Crippen LogP contribution in [0.2, 0.25) is 0 Å². The number of benzene rings is 1. The van der Waals surface area contributed by atoms with E-state index in [-0.39, 0.29) is 17.7 Å². The number of likely N-dealkylation sites (tertiary alicyclic amines) is 1. The van der Waals surface area contributed by atoms with Gasteiger partial charge >= 0.3 is 0 Å². The fourth-order valence-electron chi connectivity index (χ4n) is 3.51. The molecule has 7 nitrogen and oxygen atoms in total. The van der Waals surface area contributed by atoms with Gasteiger partial charge in [-0.3, -0.25) is 9.59 Å². The molecule has 7 heteroatoms. The molecular formula is C23H24N4O3. The van der Waals surface area contributed by atoms with Crippen LogP contribution in [0.3, 0.4) is 0 Å². The first-order chi connectivity index (χ1) is 14.7. The number of carbonyl (C=O) groups excluding carboxylic acids is 2. The molecule has 1 N–H and O–H groups in total. The van der Waals surface area contributed by atoms with Gasteiger partial charge in [-0.2, -0.15) is 5.10 Å². The lowest BCUT2D eigenvalue weighted by Gasteiger charge is -2.30. The van der Waals surface area contributed by atoms with Gasteiger partial charge in [0.15, 0.2) is 0 Å². The maximum absolute atomic E-state index is 12.5. The van der Waals surface area contributed by atoms with Crippen LogP contribution in [0.4, 0.5) is 0 Å². The number of para-hydroxylation sites is 1. The normalized spacial score (nSPS) is 14.9. The molecular weight excluding hydrogens is 380 g/mol. The Balaban J connectivity index is 1.25.